The number of hydrogen-bond donors (Lipinski definition) is 9. The van der Waals surface area contributed by atoms with Gasteiger partial charge in [0, 0.05) is 18.7 Å². The van der Waals surface area contributed by atoms with Gasteiger partial charge in [-0.05, 0) is 25.2 Å². The normalized spacial score (nSPS) is 14.3. The molecule has 4 amide bonds. The number of carbonyl (C=O) groups excluding carboxylic acids is 4. The highest BCUT2D eigenvalue weighted by molar-refractivity contribution is 7.80. The minimum atomic E-state index is -1.29. The highest BCUT2D eigenvalue weighted by atomic mass is 32.1. The van der Waals surface area contributed by atoms with Gasteiger partial charge in [-0.25, -0.2) is 4.79 Å². The van der Waals surface area contributed by atoms with Crippen LogP contribution in [-0.2, 0) is 24.0 Å². The van der Waals surface area contributed by atoms with Gasteiger partial charge in [-0.1, -0.05) is 13.8 Å². The molecule has 0 aliphatic rings. The molecule has 14 nitrogen and oxygen atoms in total. The minimum absolute atomic E-state index is 0.00370. The van der Waals surface area contributed by atoms with Gasteiger partial charge in [-0.2, -0.15) is 12.6 Å². The second-order valence-corrected chi connectivity index (χ2v) is 8.30. The Hall–Kier alpha value is -3.07. The molecule has 0 saturated carbocycles. The van der Waals surface area contributed by atoms with E-state index in [4.69, 9.17) is 28.0 Å². The molecular formula is C19H36N8O6S. The van der Waals surface area contributed by atoms with E-state index < -0.39 is 53.8 Å². The van der Waals surface area contributed by atoms with E-state index >= 15 is 0 Å². The molecule has 0 aromatic rings. The third-order valence-electron chi connectivity index (χ3n) is 4.66. The van der Waals surface area contributed by atoms with E-state index in [0.29, 0.717) is 6.42 Å². The Bertz CT molecular complexity index is 759. The van der Waals surface area contributed by atoms with Crippen LogP contribution < -0.4 is 38.9 Å². The van der Waals surface area contributed by atoms with Gasteiger partial charge in [0.15, 0.2) is 5.96 Å². The number of aliphatic imine (C=N–C) groups is 1. The molecule has 0 aliphatic carbocycles. The van der Waals surface area contributed by atoms with Crippen LogP contribution >= 0.6 is 12.6 Å². The van der Waals surface area contributed by atoms with Crippen molar-refractivity contribution in [2.24, 2.45) is 33.8 Å². The Balaban J connectivity index is 5.42. The summed E-state index contributed by atoms with van der Waals surface area (Å²) in [6, 6.07) is -4.52. The first-order chi connectivity index (χ1) is 15.8. The van der Waals surface area contributed by atoms with Crippen LogP contribution in [0.4, 0.5) is 0 Å². The average Bonchev–Trinajstić information content (AvgIpc) is 2.74. The average molecular weight is 505 g/mol. The first-order valence-corrected chi connectivity index (χ1v) is 11.3. The van der Waals surface area contributed by atoms with Gasteiger partial charge in [0.1, 0.15) is 18.1 Å². The topological polar surface area (TPSA) is 258 Å². The maximum Gasteiger partial charge on any atom is 0.327 e. The van der Waals surface area contributed by atoms with Gasteiger partial charge in [0.25, 0.3) is 0 Å². The molecular weight excluding hydrogens is 468 g/mol. The van der Waals surface area contributed by atoms with E-state index in [1.165, 1.54) is 0 Å². The third kappa shape index (κ3) is 12.2. The van der Waals surface area contributed by atoms with Crippen LogP contribution in [0.3, 0.4) is 0 Å². The van der Waals surface area contributed by atoms with Crippen LogP contribution in [0.5, 0.6) is 0 Å². The lowest BCUT2D eigenvalue weighted by Crippen LogP contribution is -2.58. The van der Waals surface area contributed by atoms with Gasteiger partial charge in [-0.15, -0.1) is 0 Å². The predicted molar refractivity (Wildman–Crippen MR) is 128 cm³/mol. The van der Waals surface area contributed by atoms with Crippen molar-refractivity contribution < 1.29 is 29.1 Å². The highest BCUT2D eigenvalue weighted by Crippen LogP contribution is 2.07. The highest BCUT2D eigenvalue weighted by Gasteiger charge is 2.31. The fraction of sp³-hybridized carbons (Fsp3) is 0.684. The van der Waals surface area contributed by atoms with Crippen molar-refractivity contribution >= 4 is 48.2 Å². The third-order valence-corrected chi connectivity index (χ3v) is 5.03. The van der Waals surface area contributed by atoms with E-state index in [-0.39, 0.29) is 43.4 Å². The van der Waals surface area contributed by atoms with Crippen LogP contribution in [0.15, 0.2) is 4.99 Å². The number of thiol groups is 1. The van der Waals surface area contributed by atoms with Crippen molar-refractivity contribution in [1.29, 1.82) is 0 Å². The smallest absolute Gasteiger partial charge is 0.327 e. The van der Waals surface area contributed by atoms with Crippen molar-refractivity contribution in [3.05, 3.63) is 0 Å². The van der Waals surface area contributed by atoms with Crippen LogP contribution in [0.2, 0.25) is 0 Å². The molecule has 0 aromatic carbocycles. The minimum Gasteiger partial charge on any atom is -0.480 e. The number of aliphatic carboxylic acids is 1. The molecule has 0 spiro atoms. The number of hydrogen-bond acceptors (Lipinski definition) is 8. The summed E-state index contributed by atoms with van der Waals surface area (Å²) in [5.41, 5.74) is 21.4. The quantitative estimate of drug-likeness (QED) is 0.0442. The number of primary amides is 1. The summed E-state index contributed by atoms with van der Waals surface area (Å²) in [5.74, 6) is -4.67. The number of nitrogens with one attached hydrogen (secondary N) is 3. The lowest BCUT2D eigenvalue weighted by molar-refractivity contribution is -0.141. The SMILES string of the molecule is CC(C)C(NC(=O)C(N)CCC(N)=O)C(=O)NC(CCCN=C(N)N)C(=O)NC(CS)C(=O)O. The van der Waals surface area contributed by atoms with Crippen molar-refractivity contribution in [2.75, 3.05) is 12.3 Å². The molecule has 194 valence electrons. The number of nitrogens with zero attached hydrogens (tertiary/aromatic N) is 1. The standard InChI is InChI=1S/C19H36N8O6S/c1-9(2)14(27-15(29)10(20)5-6-13(21)28)17(31)25-11(4-3-7-24-19(22)23)16(30)26-12(8-34)18(32)33/h9-12,14,34H,3-8,20H2,1-2H3,(H2,21,28)(H,25,31)(H,26,30)(H,27,29)(H,32,33)(H4,22,23,24). The number of carboxylic acid groups (broad SMARTS) is 1. The van der Waals surface area contributed by atoms with E-state index in [1.54, 1.807) is 13.8 Å². The van der Waals surface area contributed by atoms with Crippen LogP contribution in [-0.4, -0.2) is 77.1 Å². The molecule has 0 radical (unpaired) electrons. The fourth-order valence-corrected chi connectivity index (χ4v) is 2.96. The molecule has 0 aliphatic heterocycles. The summed E-state index contributed by atoms with van der Waals surface area (Å²) in [4.78, 5) is 64.0. The number of rotatable bonds is 16. The number of guanidine groups is 1. The van der Waals surface area contributed by atoms with Crippen LogP contribution in [0, 0.1) is 5.92 Å². The Morgan fingerprint density at radius 2 is 1.50 bits per heavy atom. The lowest BCUT2D eigenvalue weighted by Gasteiger charge is -2.26. The molecule has 0 rings (SSSR count). The van der Waals surface area contributed by atoms with E-state index in [2.05, 4.69) is 33.6 Å². The molecule has 12 N–H and O–H groups in total. The predicted octanol–water partition coefficient (Wildman–Crippen LogP) is -3.24. The second kappa shape index (κ2) is 15.7. The summed E-state index contributed by atoms with van der Waals surface area (Å²) in [7, 11) is 0. The molecule has 0 aromatic heterocycles. The molecule has 4 unspecified atom stereocenters. The number of nitrogens with two attached hydrogens (primary N) is 4. The maximum atomic E-state index is 12.9. The maximum absolute atomic E-state index is 12.9. The molecule has 15 heteroatoms. The first kappa shape index (κ1) is 30.9. The van der Waals surface area contributed by atoms with E-state index in [1.807, 2.05) is 0 Å². The van der Waals surface area contributed by atoms with Gasteiger partial charge in [0.05, 0.1) is 6.04 Å². The van der Waals surface area contributed by atoms with E-state index in [0.717, 1.165) is 0 Å². The van der Waals surface area contributed by atoms with Gasteiger partial charge >= 0.3 is 5.97 Å². The summed E-state index contributed by atoms with van der Waals surface area (Å²) in [6.07, 6.45) is 0.292. The largest absolute Gasteiger partial charge is 0.480 e. The number of amides is 4. The van der Waals surface area contributed by atoms with Crippen LogP contribution in [0.25, 0.3) is 0 Å². The molecule has 34 heavy (non-hydrogen) atoms. The van der Waals surface area contributed by atoms with Crippen LogP contribution in [0.1, 0.15) is 39.5 Å². The van der Waals surface area contributed by atoms with Crippen molar-refractivity contribution in [1.82, 2.24) is 16.0 Å². The Morgan fingerprint density at radius 3 is 1.97 bits per heavy atom. The van der Waals surface area contributed by atoms with E-state index in [9.17, 15) is 24.0 Å². The van der Waals surface area contributed by atoms with Crippen molar-refractivity contribution in [3.8, 4) is 0 Å². The second-order valence-electron chi connectivity index (χ2n) is 7.93. The Morgan fingerprint density at radius 1 is 0.912 bits per heavy atom. The van der Waals surface area contributed by atoms with Gasteiger partial charge < -0.3 is 44.0 Å². The summed E-state index contributed by atoms with van der Waals surface area (Å²) >= 11 is 3.91. The summed E-state index contributed by atoms with van der Waals surface area (Å²) < 4.78 is 0. The summed E-state index contributed by atoms with van der Waals surface area (Å²) in [5, 5.41) is 16.5. The fourth-order valence-electron chi connectivity index (χ4n) is 2.72. The lowest BCUT2D eigenvalue weighted by atomic mass is 10.0. The van der Waals surface area contributed by atoms with Crippen molar-refractivity contribution in [2.45, 2.75) is 63.7 Å². The zero-order valence-electron chi connectivity index (χ0n) is 19.3. The molecule has 0 bridgehead atoms. The number of carboxylic acids is 1. The van der Waals surface area contributed by atoms with Crippen molar-refractivity contribution in [3.63, 3.8) is 0 Å². The van der Waals surface area contributed by atoms with Gasteiger partial charge in [-0.3, -0.25) is 24.2 Å². The summed E-state index contributed by atoms with van der Waals surface area (Å²) in [6.45, 7) is 3.53. The monoisotopic (exact) mass is 504 g/mol. The molecule has 0 fully saturated rings. The number of carbonyl (C=O) groups is 5. The molecule has 4 atom stereocenters. The molecule has 0 saturated heterocycles. The van der Waals surface area contributed by atoms with Gasteiger partial charge in [0.2, 0.25) is 23.6 Å². The zero-order chi connectivity index (χ0) is 26.4. The first-order valence-electron chi connectivity index (χ1n) is 10.6. The molecule has 0 heterocycles. The Kier molecular flexibility index (Phi) is 14.3. The zero-order valence-corrected chi connectivity index (χ0v) is 20.2. The Labute approximate surface area is 203 Å².